The van der Waals surface area contributed by atoms with Crippen molar-refractivity contribution >= 4 is 0 Å². The van der Waals surface area contributed by atoms with Gasteiger partial charge in [0.2, 0.25) is 0 Å². The Kier molecular flexibility index (Phi) is 3.87. The normalized spacial score (nSPS) is 9.25. The summed E-state index contributed by atoms with van der Waals surface area (Å²) in [6.07, 6.45) is 15.7. The molecule has 1 aromatic heterocycles. The number of nitrogens with zero attached hydrogens (tertiary/aromatic N) is 2. The first-order valence-corrected chi connectivity index (χ1v) is 4.08. The Morgan fingerprint density at radius 1 is 1.33 bits per heavy atom. The van der Waals surface area contributed by atoms with Crippen LogP contribution in [0.3, 0.4) is 0 Å². The smallest absolute Gasteiger partial charge is 0.0586 e. The molecule has 0 aliphatic carbocycles. The van der Waals surface area contributed by atoms with Crippen LogP contribution in [-0.2, 0) is 6.42 Å². The molecule has 1 radical (unpaired) electrons. The van der Waals surface area contributed by atoms with Gasteiger partial charge in [-0.05, 0) is 25.7 Å². The van der Waals surface area contributed by atoms with Gasteiger partial charge in [-0.25, -0.2) is 0 Å². The van der Waals surface area contributed by atoms with Crippen molar-refractivity contribution in [2.75, 3.05) is 0 Å². The van der Waals surface area contributed by atoms with Crippen molar-refractivity contribution in [1.29, 1.82) is 0 Å². The minimum Gasteiger partial charge on any atom is -0.261 e. The lowest BCUT2D eigenvalue weighted by atomic mass is 10.1. The van der Waals surface area contributed by atoms with Gasteiger partial charge in [0.15, 0.2) is 0 Å². The molecule has 2 nitrogen and oxygen atoms in total. The topological polar surface area (TPSA) is 25.8 Å². The Morgan fingerprint density at radius 2 is 2.25 bits per heavy atom. The third-order valence-corrected chi connectivity index (χ3v) is 1.60. The van der Waals surface area contributed by atoms with Gasteiger partial charge in [-0.3, -0.25) is 9.97 Å². The van der Waals surface area contributed by atoms with Crippen LogP contribution in [-0.4, -0.2) is 9.97 Å². The van der Waals surface area contributed by atoms with Crippen LogP contribution in [0.25, 0.3) is 0 Å². The molecule has 0 aliphatic rings. The molecule has 0 saturated carbocycles. The first kappa shape index (κ1) is 8.73. The summed E-state index contributed by atoms with van der Waals surface area (Å²) in [5.74, 6) is 2.37. The third-order valence-electron chi connectivity index (χ3n) is 1.60. The summed E-state index contributed by atoms with van der Waals surface area (Å²) in [7, 11) is 0. The third kappa shape index (κ3) is 3.16. The largest absolute Gasteiger partial charge is 0.261 e. The van der Waals surface area contributed by atoms with Gasteiger partial charge in [-0.15, -0.1) is 0 Å². The maximum Gasteiger partial charge on any atom is 0.0586 e. The Labute approximate surface area is 73.1 Å². The van der Waals surface area contributed by atoms with E-state index in [2.05, 4.69) is 15.9 Å². The van der Waals surface area contributed by atoms with Gasteiger partial charge in [0.1, 0.15) is 0 Å². The van der Waals surface area contributed by atoms with E-state index in [0.717, 1.165) is 31.4 Å². The predicted molar refractivity (Wildman–Crippen MR) is 46.7 cm³/mol. The van der Waals surface area contributed by atoms with Crippen LogP contribution in [0.15, 0.2) is 18.6 Å². The van der Waals surface area contributed by atoms with Gasteiger partial charge in [-0.2, -0.15) is 0 Å². The standard InChI is InChI=1S/C10H11N2/c1-2-3-4-5-6-10-9-11-7-8-12-10/h7-9H,3-6H2. The fourth-order valence-corrected chi connectivity index (χ4v) is 0.979. The molecule has 0 atom stereocenters. The number of hydrogen-bond donors (Lipinski definition) is 0. The second-order valence-corrected chi connectivity index (χ2v) is 2.58. The lowest BCUT2D eigenvalue weighted by Gasteiger charge is -1.96. The Morgan fingerprint density at radius 3 is 2.92 bits per heavy atom. The van der Waals surface area contributed by atoms with E-state index < -0.39 is 0 Å². The number of rotatable bonds is 4. The summed E-state index contributed by atoms with van der Waals surface area (Å²) in [6, 6.07) is 0. The molecule has 1 aromatic rings. The molecule has 0 aromatic carbocycles. The van der Waals surface area contributed by atoms with E-state index in [1.54, 1.807) is 18.6 Å². The zero-order chi connectivity index (χ0) is 8.65. The highest BCUT2D eigenvalue weighted by atomic mass is 14.8. The molecule has 1 rings (SSSR count). The maximum absolute atomic E-state index is 6.71. The molecule has 0 spiro atoms. The molecule has 12 heavy (non-hydrogen) atoms. The molecule has 0 amide bonds. The van der Waals surface area contributed by atoms with E-state index in [1.807, 2.05) is 0 Å². The Balaban J connectivity index is 2.21. The Bertz CT molecular complexity index is 248. The minimum absolute atomic E-state index is 0.750. The van der Waals surface area contributed by atoms with E-state index in [9.17, 15) is 0 Å². The lowest BCUT2D eigenvalue weighted by molar-refractivity contribution is 0.739. The quantitative estimate of drug-likeness (QED) is 0.494. The fourth-order valence-electron chi connectivity index (χ4n) is 0.979. The molecule has 61 valence electrons. The van der Waals surface area contributed by atoms with Crippen LogP contribution in [0.4, 0.5) is 0 Å². The van der Waals surface area contributed by atoms with Crippen molar-refractivity contribution in [1.82, 2.24) is 9.97 Å². The van der Waals surface area contributed by atoms with E-state index in [-0.39, 0.29) is 0 Å². The average molecular weight is 159 g/mol. The van der Waals surface area contributed by atoms with E-state index in [0.29, 0.717) is 0 Å². The first-order chi connectivity index (χ1) is 5.93. The second-order valence-electron chi connectivity index (χ2n) is 2.58. The maximum atomic E-state index is 6.71. The second kappa shape index (κ2) is 5.31. The van der Waals surface area contributed by atoms with Crippen LogP contribution >= 0.6 is 0 Å². The first-order valence-electron chi connectivity index (χ1n) is 4.08. The summed E-state index contributed by atoms with van der Waals surface area (Å²) in [4.78, 5) is 8.12. The molecule has 2 heteroatoms. The van der Waals surface area contributed by atoms with Crippen LogP contribution in [0, 0.1) is 12.3 Å². The van der Waals surface area contributed by atoms with E-state index in [4.69, 9.17) is 6.42 Å². The van der Waals surface area contributed by atoms with Crippen molar-refractivity contribution in [2.45, 2.75) is 25.7 Å². The summed E-state index contributed by atoms with van der Waals surface area (Å²) in [5, 5.41) is 0. The van der Waals surface area contributed by atoms with Crippen LogP contribution < -0.4 is 0 Å². The number of unbranched alkanes of at least 4 members (excludes halogenated alkanes) is 2. The molecule has 0 aliphatic heterocycles. The van der Waals surface area contributed by atoms with Crippen LogP contribution in [0.5, 0.6) is 0 Å². The summed E-state index contributed by atoms with van der Waals surface area (Å²) in [6.45, 7) is 0. The number of hydrogen-bond acceptors (Lipinski definition) is 2. The monoisotopic (exact) mass is 159 g/mol. The van der Waals surface area contributed by atoms with Gasteiger partial charge in [0.05, 0.1) is 5.69 Å². The number of aryl methyl sites for hydroxylation is 1. The fraction of sp³-hybridized carbons (Fsp3) is 0.400. The molecule has 0 bridgehead atoms. The minimum atomic E-state index is 0.750. The van der Waals surface area contributed by atoms with E-state index in [1.165, 1.54) is 0 Å². The molecule has 0 saturated heterocycles. The Hall–Kier alpha value is -1.36. The highest BCUT2D eigenvalue weighted by molar-refractivity contribution is 4.94. The van der Waals surface area contributed by atoms with Crippen LogP contribution in [0.2, 0.25) is 0 Å². The van der Waals surface area contributed by atoms with Gasteiger partial charge in [0, 0.05) is 25.0 Å². The molecule has 1 heterocycles. The highest BCUT2D eigenvalue weighted by Gasteiger charge is 1.92. The lowest BCUT2D eigenvalue weighted by Crippen LogP contribution is -1.90. The summed E-state index contributed by atoms with van der Waals surface area (Å²) in [5.41, 5.74) is 1.03. The van der Waals surface area contributed by atoms with Crippen molar-refractivity contribution in [3.63, 3.8) is 0 Å². The molecule has 0 unspecified atom stereocenters. The molecule has 0 fully saturated rings. The van der Waals surface area contributed by atoms with Crippen molar-refractivity contribution < 1.29 is 0 Å². The molecule has 0 N–H and O–H groups in total. The summed E-state index contributed by atoms with van der Waals surface area (Å²) < 4.78 is 0. The van der Waals surface area contributed by atoms with Crippen molar-refractivity contribution in [3.8, 4) is 5.92 Å². The zero-order valence-electron chi connectivity index (χ0n) is 6.95. The van der Waals surface area contributed by atoms with Crippen molar-refractivity contribution in [2.24, 2.45) is 0 Å². The molecular formula is C10H11N2. The summed E-state index contributed by atoms with van der Waals surface area (Å²) >= 11 is 0. The van der Waals surface area contributed by atoms with E-state index >= 15 is 0 Å². The van der Waals surface area contributed by atoms with Crippen LogP contribution in [0.1, 0.15) is 25.0 Å². The van der Waals surface area contributed by atoms with Gasteiger partial charge in [0.25, 0.3) is 0 Å². The SMILES string of the molecule is [C]#CCCCCc1cnccn1. The van der Waals surface area contributed by atoms with Crippen molar-refractivity contribution in [3.05, 3.63) is 30.7 Å². The zero-order valence-corrected chi connectivity index (χ0v) is 6.95. The van der Waals surface area contributed by atoms with Gasteiger partial charge in [-0.1, -0.05) is 5.92 Å². The predicted octanol–water partition coefficient (Wildman–Crippen LogP) is 1.78. The highest BCUT2D eigenvalue weighted by Crippen LogP contribution is 2.01. The number of aromatic nitrogens is 2. The van der Waals surface area contributed by atoms with Gasteiger partial charge >= 0.3 is 0 Å². The molecular weight excluding hydrogens is 148 g/mol. The van der Waals surface area contributed by atoms with Gasteiger partial charge < -0.3 is 0 Å². The average Bonchev–Trinajstić information content (AvgIpc) is 2.14.